The van der Waals surface area contributed by atoms with Crippen LogP contribution in [0.5, 0.6) is 0 Å². The molecule has 3 heterocycles. The van der Waals surface area contributed by atoms with Gasteiger partial charge in [0.2, 0.25) is 0 Å². The van der Waals surface area contributed by atoms with Crippen molar-refractivity contribution >= 4 is 16.6 Å². The highest BCUT2D eigenvalue weighted by molar-refractivity contribution is 5.88. The minimum absolute atomic E-state index is 0.0285. The van der Waals surface area contributed by atoms with Crippen LogP contribution in [0.1, 0.15) is 49.7 Å². The maximum atomic E-state index is 13.1. The quantitative estimate of drug-likeness (QED) is 0.573. The van der Waals surface area contributed by atoms with Gasteiger partial charge in [-0.25, -0.2) is 0 Å². The summed E-state index contributed by atoms with van der Waals surface area (Å²) in [4.78, 5) is 18.8. The molecular formula is C25H32N4O. The van der Waals surface area contributed by atoms with Gasteiger partial charge in [0.25, 0.3) is 0 Å². The normalized spacial score (nSPS) is 23.1. The first-order valence-corrected chi connectivity index (χ1v) is 10.2. The molecule has 1 unspecified atom stereocenters. The second-order valence-electron chi connectivity index (χ2n) is 7.78. The van der Waals surface area contributed by atoms with Gasteiger partial charge >= 0.3 is 0 Å². The first-order chi connectivity index (χ1) is 17.5. The van der Waals surface area contributed by atoms with Crippen LogP contribution in [0.4, 0.5) is 0 Å². The number of Topliss-reactive ketones (excluding diaryl/α,β-unsaturated/α-hetero) is 1. The highest BCUT2D eigenvalue weighted by Gasteiger charge is 2.25. The Labute approximate surface area is 190 Å². The molecule has 2 aromatic heterocycles. The van der Waals surface area contributed by atoms with Crippen molar-refractivity contribution in [3.8, 4) is 11.1 Å². The number of piperidine rings is 1. The first kappa shape index (κ1) is 13.0. The van der Waals surface area contributed by atoms with Crippen molar-refractivity contribution in [2.24, 2.45) is 18.9 Å². The van der Waals surface area contributed by atoms with Gasteiger partial charge in [-0.1, -0.05) is 32.3 Å². The number of hydrogen-bond acceptors (Lipinski definition) is 4. The summed E-state index contributed by atoms with van der Waals surface area (Å²) >= 11 is 0. The summed E-state index contributed by atoms with van der Waals surface area (Å²) in [7, 11) is 1.86. The fourth-order valence-electron chi connectivity index (χ4n) is 3.88. The highest BCUT2D eigenvalue weighted by atomic mass is 16.1. The molecule has 1 saturated heterocycles. The molecule has 5 nitrogen and oxygen atoms in total. The fourth-order valence-corrected chi connectivity index (χ4v) is 3.88. The van der Waals surface area contributed by atoms with Gasteiger partial charge in [0.15, 0.2) is 0 Å². The number of carbonyl (C=O) groups excluding carboxylic acids is 1. The molecule has 158 valence electrons. The van der Waals surface area contributed by atoms with Crippen LogP contribution in [0, 0.1) is 11.8 Å². The molecule has 1 aromatic carbocycles. The van der Waals surface area contributed by atoms with Gasteiger partial charge in [0, 0.05) is 65.9 Å². The number of hydrogen-bond donors (Lipinski definition) is 0. The van der Waals surface area contributed by atoms with E-state index in [9.17, 15) is 4.79 Å². The van der Waals surface area contributed by atoms with Crippen molar-refractivity contribution in [2.75, 3.05) is 19.6 Å². The van der Waals surface area contributed by atoms with E-state index in [-0.39, 0.29) is 31.2 Å². The number of ketones is 1. The number of carbonyl (C=O) groups is 1. The van der Waals surface area contributed by atoms with Gasteiger partial charge in [0.05, 0.1) is 6.20 Å². The standard InChI is InChI=1S/C25H32N4O/c1-4-18(2)16-29-9-7-19(8-10-29)25(30)13-24-12-22-11-20(5-6-21(22)14-26-24)23-15-27-28(3)17-23/h5-6,11-12,14-15,17-19H,4,7-10,13,16H2,1-3H3/i2D3,4D2,16D2,18D. The molecule has 1 fully saturated rings. The Bertz CT molecular complexity index is 1310. The second kappa shape index (κ2) is 9.09. The Balaban J connectivity index is 1.45. The molecule has 1 atom stereocenters. The molecule has 0 radical (unpaired) electrons. The van der Waals surface area contributed by atoms with Gasteiger partial charge < -0.3 is 4.90 Å². The van der Waals surface area contributed by atoms with Crippen LogP contribution in [0.2, 0.25) is 0 Å². The minimum atomic E-state index is -3.19. The lowest BCUT2D eigenvalue weighted by Gasteiger charge is -2.32. The largest absolute Gasteiger partial charge is 0.303 e. The van der Waals surface area contributed by atoms with E-state index in [0.717, 1.165) is 28.8 Å². The van der Waals surface area contributed by atoms with Crippen LogP contribution < -0.4 is 0 Å². The fraction of sp³-hybridized carbons (Fsp3) is 0.480. The number of aryl methyl sites for hydroxylation is 1. The number of likely N-dealkylation sites (tertiary alicyclic amines) is 1. The molecule has 1 aliphatic rings. The Morgan fingerprint density at radius 3 is 2.80 bits per heavy atom. The Kier molecular flexibility index (Phi) is 3.94. The summed E-state index contributed by atoms with van der Waals surface area (Å²) in [6, 6.07) is 7.91. The molecule has 1 aliphatic heterocycles. The number of fused-ring (bicyclic) bond motifs is 1. The number of benzene rings is 1. The molecule has 0 N–H and O–H groups in total. The number of nitrogens with zero attached hydrogens (tertiary/aromatic N) is 4. The zero-order valence-corrected chi connectivity index (χ0v) is 17.4. The molecule has 0 saturated carbocycles. The predicted molar refractivity (Wildman–Crippen MR) is 121 cm³/mol. The predicted octanol–water partition coefficient (Wildman–Crippen LogP) is 4.51. The van der Waals surface area contributed by atoms with Gasteiger partial charge in [-0.2, -0.15) is 5.10 Å². The van der Waals surface area contributed by atoms with E-state index in [2.05, 4.69) is 10.1 Å². The van der Waals surface area contributed by atoms with Gasteiger partial charge in [-0.15, -0.1) is 0 Å². The van der Waals surface area contributed by atoms with E-state index in [1.54, 1.807) is 17.1 Å². The van der Waals surface area contributed by atoms with Gasteiger partial charge in [-0.3, -0.25) is 14.5 Å². The van der Waals surface area contributed by atoms with E-state index in [1.807, 2.05) is 37.5 Å². The maximum absolute atomic E-state index is 13.1. The molecule has 5 heteroatoms. The zero-order valence-electron chi connectivity index (χ0n) is 25.4. The monoisotopic (exact) mass is 412 g/mol. The number of pyridine rings is 1. The summed E-state index contributed by atoms with van der Waals surface area (Å²) in [5.41, 5.74) is 2.63. The summed E-state index contributed by atoms with van der Waals surface area (Å²) < 4.78 is 66.3. The lowest BCUT2D eigenvalue weighted by Crippen LogP contribution is -2.38. The van der Waals surface area contributed by atoms with E-state index in [0.29, 0.717) is 18.5 Å². The van der Waals surface area contributed by atoms with Crippen LogP contribution in [-0.4, -0.2) is 45.0 Å². The van der Waals surface area contributed by atoms with Crippen molar-refractivity contribution in [1.82, 2.24) is 19.7 Å². The summed E-state index contributed by atoms with van der Waals surface area (Å²) in [6.07, 6.45) is 3.54. The smallest absolute Gasteiger partial charge is 0.142 e. The molecule has 0 aliphatic carbocycles. The van der Waals surface area contributed by atoms with Crippen LogP contribution in [0.25, 0.3) is 21.9 Å². The third kappa shape index (κ3) is 4.78. The van der Waals surface area contributed by atoms with E-state index in [4.69, 9.17) is 11.0 Å². The molecular weight excluding hydrogens is 372 g/mol. The topological polar surface area (TPSA) is 51.0 Å². The minimum Gasteiger partial charge on any atom is -0.303 e. The van der Waals surface area contributed by atoms with Crippen LogP contribution >= 0.6 is 0 Å². The number of rotatable bonds is 7. The summed E-state index contributed by atoms with van der Waals surface area (Å²) in [6.45, 7) is -4.93. The summed E-state index contributed by atoms with van der Waals surface area (Å²) in [5, 5.41) is 6.12. The second-order valence-corrected chi connectivity index (χ2v) is 7.78. The van der Waals surface area contributed by atoms with Crippen molar-refractivity contribution in [3.63, 3.8) is 0 Å². The highest BCUT2D eigenvalue weighted by Crippen LogP contribution is 2.25. The van der Waals surface area contributed by atoms with Crippen molar-refractivity contribution in [1.29, 1.82) is 0 Å². The number of aromatic nitrogens is 3. The molecule has 0 spiro atoms. The lowest BCUT2D eigenvalue weighted by atomic mass is 9.89. The average Bonchev–Trinajstić information content (AvgIpc) is 3.28. The van der Waals surface area contributed by atoms with E-state index >= 15 is 0 Å². The van der Waals surface area contributed by atoms with Gasteiger partial charge in [-0.05, 0) is 54.9 Å². The van der Waals surface area contributed by atoms with Crippen molar-refractivity contribution < 1.29 is 15.8 Å². The third-order valence-electron chi connectivity index (χ3n) is 5.64. The Hall–Kier alpha value is -2.53. The SMILES string of the molecule is [2H]C([2H])([2H])C([2H])(C([2H])([2H])C)C([2H])([2H])N1CCC(C(=O)Cc2cc3cc(-c4cnn(C)c4)ccc3cn2)CC1. The molecule has 30 heavy (non-hydrogen) atoms. The maximum Gasteiger partial charge on any atom is 0.142 e. The first-order valence-electron chi connectivity index (χ1n) is 14.2. The zero-order chi connectivity index (χ0) is 28.1. The Morgan fingerprint density at radius 2 is 2.10 bits per heavy atom. The Morgan fingerprint density at radius 1 is 1.27 bits per heavy atom. The molecule has 3 aromatic rings. The molecule has 0 amide bonds. The van der Waals surface area contributed by atoms with Crippen LogP contribution in [-0.2, 0) is 18.3 Å². The van der Waals surface area contributed by atoms with Crippen molar-refractivity contribution in [2.45, 2.75) is 39.4 Å². The van der Waals surface area contributed by atoms with Crippen LogP contribution in [0.3, 0.4) is 0 Å². The van der Waals surface area contributed by atoms with Gasteiger partial charge in [0.1, 0.15) is 5.78 Å². The average molecular weight is 413 g/mol. The lowest BCUT2D eigenvalue weighted by molar-refractivity contribution is -0.123. The van der Waals surface area contributed by atoms with Crippen LogP contribution in [0.15, 0.2) is 42.9 Å². The third-order valence-corrected chi connectivity index (χ3v) is 5.64. The summed E-state index contributed by atoms with van der Waals surface area (Å²) in [5.74, 6) is -3.39. The van der Waals surface area contributed by atoms with E-state index < -0.39 is 25.6 Å². The molecule has 0 bridgehead atoms. The molecule has 4 rings (SSSR count). The van der Waals surface area contributed by atoms with E-state index in [1.165, 1.54) is 4.90 Å². The van der Waals surface area contributed by atoms with Crippen molar-refractivity contribution in [3.05, 3.63) is 48.5 Å².